The van der Waals surface area contributed by atoms with Crippen molar-refractivity contribution in [2.75, 3.05) is 18.5 Å². The summed E-state index contributed by atoms with van der Waals surface area (Å²) in [6, 6.07) is 5.38. The van der Waals surface area contributed by atoms with E-state index in [2.05, 4.69) is 5.32 Å². The van der Waals surface area contributed by atoms with Gasteiger partial charge in [-0.25, -0.2) is 4.79 Å². The number of urea groups is 1. The third kappa shape index (κ3) is 2.53. The Hall–Kier alpha value is -0.970. The first kappa shape index (κ1) is 13.0. The molecule has 0 unspecified atom stereocenters. The van der Waals surface area contributed by atoms with E-state index in [9.17, 15) is 4.79 Å². The highest BCUT2D eigenvalue weighted by Gasteiger charge is 2.40. The van der Waals surface area contributed by atoms with E-state index in [0.29, 0.717) is 28.9 Å². The highest BCUT2D eigenvalue weighted by Crippen LogP contribution is 2.30. The Morgan fingerprint density at radius 3 is 2.53 bits per heavy atom. The van der Waals surface area contributed by atoms with E-state index in [1.54, 1.807) is 18.2 Å². The number of nitrogens with zero attached hydrogens (tertiary/aromatic N) is 1. The fourth-order valence-electron chi connectivity index (χ4n) is 2.72. The monoisotopic (exact) mass is 300 g/mol. The topological polar surface area (TPSA) is 41.6 Å². The molecule has 4 nitrogen and oxygen atoms in total. The molecule has 0 radical (unpaired) electrons. The van der Waals surface area contributed by atoms with Crippen LogP contribution in [0.25, 0.3) is 0 Å². The summed E-state index contributed by atoms with van der Waals surface area (Å²) in [4.78, 5) is 14.2. The van der Waals surface area contributed by atoms with Gasteiger partial charge in [0.2, 0.25) is 0 Å². The number of morpholine rings is 1. The van der Waals surface area contributed by atoms with E-state index < -0.39 is 0 Å². The summed E-state index contributed by atoms with van der Waals surface area (Å²) >= 11 is 11.8. The van der Waals surface area contributed by atoms with Crippen molar-refractivity contribution in [3.05, 3.63) is 28.2 Å². The molecule has 6 heteroatoms. The van der Waals surface area contributed by atoms with Crippen molar-refractivity contribution in [1.29, 1.82) is 0 Å². The van der Waals surface area contributed by atoms with Crippen LogP contribution in [0.15, 0.2) is 18.2 Å². The summed E-state index contributed by atoms with van der Waals surface area (Å²) in [5.74, 6) is 0. The summed E-state index contributed by atoms with van der Waals surface area (Å²) in [6.45, 7) is 1.26. The third-order valence-electron chi connectivity index (χ3n) is 3.65. The highest BCUT2D eigenvalue weighted by molar-refractivity contribution is 6.42. The number of anilines is 1. The number of carbonyl (C=O) groups excluding carboxylic acids is 1. The second kappa shape index (κ2) is 5.19. The predicted octanol–water partition coefficient (Wildman–Crippen LogP) is 3.39. The molecular weight excluding hydrogens is 287 g/mol. The highest BCUT2D eigenvalue weighted by atomic mass is 35.5. The van der Waals surface area contributed by atoms with Gasteiger partial charge < -0.3 is 15.0 Å². The Labute approximate surface area is 121 Å². The molecule has 2 saturated heterocycles. The first-order valence-corrected chi connectivity index (χ1v) is 7.03. The zero-order chi connectivity index (χ0) is 13.4. The number of hydrogen-bond donors (Lipinski definition) is 1. The van der Waals surface area contributed by atoms with Crippen LogP contribution in [0.4, 0.5) is 10.5 Å². The third-order valence-corrected chi connectivity index (χ3v) is 4.38. The molecule has 0 spiro atoms. The van der Waals surface area contributed by atoms with Crippen LogP contribution in [0.5, 0.6) is 0 Å². The van der Waals surface area contributed by atoms with Crippen LogP contribution in [0.1, 0.15) is 12.8 Å². The summed E-state index contributed by atoms with van der Waals surface area (Å²) in [5.41, 5.74) is 0.658. The van der Waals surface area contributed by atoms with Gasteiger partial charge in [-0.1, -0.05) is 23.2 Å². The van der Waals surface area contributed by atoms with Crippen LogP contribution in [-0.2, 0) is 4.74 Å². The molecule has 2 aliphatic rings. The van der Waals surface area contributed by atoms with Gasteiger partial charge in [-0.15, -0.1) is 0 Å². The van der Waals surface area contributed by atoms with E-state index in [0.717, 1.165) is 12.8 Å². The number of nitrogens with one attached hydrogen (secondary N) is 1. The quantitative estimate of drug-likeness (QED) is 0.864. The number of halogens is 2. The minimum absolute atomic E-state index is 0.0887. The second-order valence-electron chi connectivity index (χ2n) is 4.89. The summed E-state index contributed by atoms with van der Waals surface area (Å²) < 4.78 is 5.46. The summed E-state index contributed by atoms with van der Waals surface area (Å²) in [5, 5.41) is 3.78. The van der Waals surface area contributed by atoms with Crippen molar-refractivity contribution in [3.63, 3.8) is 0 Å². The molecular formula is C13H14Cl2N2O2. The van der Waals surface area contributed by atoms with Crippen LogP contribution in [0, 0.1) is 0 Å². The lowest BCUT2D eigenvalue weighted by Crippen LogP contribution is -2.50. The molecule has 2 heterocycles. The number of benzene rings is 1. The SMILES string of the molecule is O=C(Nc1ccc(Cl)c(Cl)c1)N1[C@@H]2CC[C@H]1COC2. The lowest BCUT2D eigenvalue weighted by molar-refractivity contribution is 0.00949. The first-order valence-electron chi connectivity index (χ1n) is 6.27. The van der Waals surface area contributed by atoms with Gasteiger partial charge in [0.25, 0.3) is 0 Å². The van der Waals surface area contributed by atoms with E-state index in [1.165, 1.54) is 0 Å². The van der Waals surface area contributed by atoms with Crippen LogP contribution >= 0.6 is 23.2 Å². The van der Waals surface area contributed by atoms with Crippen molar-refractivity contribution in [1.82, 2.24) is 4.90 Å². The van der Waals surface area contributed by atoms with Crippen LogP contribution in [0.2, 0.25) is 10.0 Å². The molecule has 0 aliphatic carbocycles. The van der Waals surface area contributed by atoms with Crippen LogP contribution in [0.3, 0.4) is 0 Å². The fraction of sp³-hybridized carbons (Fsp3) is 0.462. The van der Waals surface area contributed by atoms with Gasteiger partial charge >= 0.3 is 6.03 Å². The molecule has 1 aromatic rings. The Morgan fingerprint density at radius 1 is 1.21 bits per heavy atom. The Morgan fingerprint density at radius 2 is 1.89 bits per heavy atom. The maximum Gasteiger partial charge on any atom is 0.322 e. The lowest BCUT2D eigenvalue weighted by atomic mass is 10.2. The minimum atomic E-state index is -0.0887. The summed E-state index contributed by atoms with van der Waals surface area (Å²) in [7, 11) is 0. The molecule has 3 rings (SSSR count). The zero-order valence-corrected chi connectivity index (χ0v) is 11.7. The second-order valence-corrected chi connectivity index (χ2v) is 5.70. The van der Waals surface area contributed by atoms with Gasteiger partial charge in [-0.05, 0) is 31.0 Å². The number of rotatable bonds is 1. The molecule has 2 atom stereocenters. The van der Waals surface area contributed by atoms with Gasteiger partial charge in [-0.3, -0.25) is 0 Å². The molecule has 1 aromatic carbocycles. The van der Waals surface area contributed by atoms with Crippen molar-refractivity contribution < 1.29 is 9.53 Å². The normalized spacial score (nSPS) is 25.5. The molecule has 102 valence electrons. The van der Waals surface area contributed by atoms with Crippen molar-refractivity contribution in [2.45, 2.75) is 24.9 Å². The number of ether oxygens (including phenoxy) is 1. The van der Waals surface area contributed by atoms with E-state index in [4.69, 9.17) is 27.9 Å². The summed E-state index contributed by atoms with van der Waals surface area (Å²) in [6.07, 6.45) is 2.03. The average molecular weight is 301 g/mol. The number of amides is 2. The zero-order valence-electron chi connectivity index (χ0n) is 10.2. The van der Waals surface area contributed by atoms with Crippen molar-refractivity contribution >= 4 is 34.9 Å². The number of hydrogen-bond acceptors (Lipinski definition) is 2. The maximum absolute atomic E-state index is 12.3. The van der Waals surface area contributed by atoms with E-state index >= 15 is 0 Å². The van der Waals surface area contributed by atoms with Crippen molar-refractivity contribution in [2.24, 2.45) is 0 Å². The van der Waals surface area contributed by atoms with E-state index in [-0.39, 0.29) is 18.1 Å². The van der Waals surface area contributed by atoms with Gasteiger partial charge in [-0.2, -0.15) is 0 Å². The fourth-order valence-corrected chi connectivity index (χ4v) is 3.02. The van der Waals surface area contributed by atoms with E-state index in [1.807, 2.05) is 4.90 Å². The molecule has 2 aliphatic heterocycles. The van der Waals surface area contributed by atoms with Crippen molar-refractivity contribution in [3.8, 4) is 0 Å². The standard InChI is InChI=1S/C13H14Cl2N2O2/c14-11-4-1-8(5-12(11)15)16-13(18)17-9-2-3-10(17)7-19-6-9/h1,4-5,9-10H,2-3,6-7H2,(H,16,18)/t9-,10+. The average Bonchev–Trinajstić information content (AvgIpc) is 2.64. The largest absolute Gasteiger partial charge is 0.377 e. The molecule has 19 heavy (non-hydrogen) atoms. The van der Waals surface area contributed by atoms with Crippen LogP contribution in [-0.4, -0.2) is 36.2 Å². The van der Waals surface area contributed by atoms with Crippen LogP contribution < -0.4 is 5.32 Å². The minimum Gasteiger partial charge on any atom is -0.377 e. The first-order chi connectivity index (χ1) is 9.15. The van der Waals surface area contributed by atoms with Gasteiger partial charge in [0.15, 0.2) is 0 Å². The van der Waals surface area contributed by atoms with Gasteiger partial charge in [0.05, 0.1) is 35.3 Å². The molecule has 1 N–H and O–H groups in total. The number of fused-ring (bicyclic) bond motifs is 2. The molecule has 2 amide bonds. The Bertz CT molecular complexity index is 493. The predicted molar refractivity (Wildman–Crippen MR) is 74.9 cm³/mol. The van der Waals surface area contributed by atoms with Gasteiger partial charge in [0.1, 0.15) is 0 Å². The molecule has 0 saturated carbocycles. The molecule has 2 fully saturated rings. The molecule has 0 aromatic heterocycles. The van der Waals surface area contributed by atoms with Gasteiger partial charge in [0, 0.05) is 5.69 Å². The molecule has 2 bridgehead atoms. The lowest BCUT2D eigenvalue weighted by Gasteiger charge is -2.34. The number of carbonyl (C=O) groups is 1. The smallest absolute Gasteiger partial charge is 0.322 e. The maximum atomic E-state index is 12.3. The Kier molecular flexibility index (Phi) is 3.56. The Balaban J connectivity index is 1.72.